The highest BCUT2D eigenvalue weighted by atomic mass is 16.5. The van der Waals surface area contributed by atoms with Crippen LogP contribution < -0.4 is 15.4 Å². The first-order chi connectivity index (χ1) is 8.81. The Labute approximate surface area is 110 Å². The van der Waals surface area contributed by atoms with E-state index in [4.69, 9.17) is 4.74 Å². The first-order valence-corrected chi connectivity index (χ1v) is 7.00. The van der Waals surface area contributed by atoms with Crippen molar-refractivity contribution < 1.29 is 4.74 Å². The highest BCUT2D eigenvalue weighted by Gasteiger charge is 2.20. The van der Waals surface area contributed by atoms with Gasteiger partial charge < -0.3 is 15.4 Å². The number of nitrogens with one attached hydrogen (secondary N) is 2. The van der Waals surface area contributed by atoms with Crippen LogP contribution in [0.15, 0.2) is 24.3 Å². The minimum absolute atomic E-state index is 0.494. The zero-order chi connectivity index (χ0) is 12.8. The summed E-state index contributed by atoms with van der Waals surface area (Å²) >= 11 is 0. The molecule has 0 bridgehead atoms. The van der Waals surface area contributed by atoms with Crippen LogP contribution in [0, 0.1) is 5.92 Å². The number of hydrogen-bond acceptors (Lipinski definition) is 3. The minimum atomic E-state index is 0.494. The molecule has 0 aliphatic carbocycles. The van der Waals surface area contributed by atoms with Crippen LogP contribution in [-0.4, -0.2) is 25.7 Å². The summed E-state index contributed by atoms with van der Waals surface area (Å²) in [7, 11) is 0. The summed E-state index contributed by atoms with van der Waals surface area (Å²) in [5.41, 5.74) is 1.12. The molecule has 0 saturated carbocycles. The Kier molecular flexibility index (Phi) is 4.88. The monoisotopic (exact) mass is 248 g/mol. The minimum Gasteiger partial charge on any atom is -0.492 e. The molecule has 1 unspecified atom stereocenters. The molecule has 1 heterocycles. The van der Waals surface area contributed by atoms with E-state index in [2.05, 4.69) is 29.7 Å². The molecule has 2 N–H and O–H groups in total. The number of hydrogen-bond donors (Lipinski definition) is 2. The van der Waals surface area contributed by atoms with Gasteiger partial charge in [0, 0.05) is 6.04 Å². The Morgan fingerprint density at radius 1 is 1.33 bits per heavy atom. The zero-order valence-corrected chi connectivity index (χ0v) is 11.4. The SMILES string of the molecule is CCOc1ccccc1NC(C)C1CCNCC1. The van der Waals surface area contributed by atoms with Crippen molar-refractivity contribution in [3.63, 3.8) is 0 Å². The van der Waals surface area contributed by atoms with Crippen LogP contribution in [0.3, 0.4) is 0 Å². The standard InChI is InChI=1S/C15H24N2O/c1-3-18-15-7-5-4-6-14(15)17-12(2)13-8-10-16-11-9-13/h4-7,12-13,16-17H,3,8-11H2,1-2H3. The quantitative estimate of drug-likeness (QED) is 0.840. The summed E-state index contributed by atoms with van der Waals surface area (Å²) in [6, 6.07) is 8.70. The first-order valence-electron chi connectivity index (χ1n) is 7.00. The van der Waals surface area contributed by atoms with Crippen molar-refractivity contribution in [3.8, 4) is 5.75 Å². The molecular weight excluding hydrogens is 224 g/mol. The van der Waals surface area contributed by atoms with E-state index < -0.39 is 0 Å². The number of piperidine rings is 1. The molecule has 0 amide bonds. The highest BCUT2D eigenvalue weighted by Crippen LogP contribution is 2.27. The molecule has 1 fully saturated rings. The zero-order valence-electron chi connectivity index (χ0n) is 11.4. The lowest BCUT2D eigenvalue weighted by Crippen LogP contribution is -2.36. The van der Waals surface area contributed by atoms with Gasteiger partial charge in [-0.05, 0) is 57.8 Å². The van der Waals surface area contributed by atoms with Crippen LogP contribution in [0.1, 0.15) is 26.7 Å². The Balaban J connectivity index is 1.99. The molecule has 1 atom stereocenters. The summed E-state index contributed by atoms with van der Waals surface area (Å²) in [6.45, 7) is 7.29. The van der Waals surface area contributed by atoms with Crippen molar-refractivity contribution >= 4 is 5.69 Å². The molecule has 18 heavy (non-hydrogen) atoms. The molecule has 0 spiro atoms. The van der Waals surface area contributed by atoms with Gasteiger partial charge in [-0.15, -0.1) is 0 Å². The van der Waals surface area contributed by atoms with Gasteiger partial charge in [-0.25, -0.2) is 0 Å². The van der Waals surface area contributed by atoms with Crippen molar-refractivity contribution in [2.24, 2.45) is 5.92 Å². The van der Waals surface area contributed by atoms with Crippen molar-refractivity contribution in [1.29, 1.82) is 0 Å². The van der Waals surface area contributed by atoms with Gasteiger partial charge in [0.2, 0.25) is 0 Å². The van der Waals surface area contributed by atoms with Crippen molar-refractivity contribution in [1.82, 2.24) is 5.32 Å². The average molecular weight is 248 g/mol. The molecular formula is C15H24N2O. The van der Waals surface area contributed by atoms with Crippen LogP contribution in [0.2, 0.25) is 0 Å². The summed E-state index contributed by atoms with van der Waals surface area (Å²) in [5.74, 6) is 1.71. The second kappa shape index (κ2) is 6.64. The molecule has 1 saturated heterocycles. The van der Waals surface area contributed by atoms with Gasteiger partial charge in [0.1, 0.15) is 5.75 Å². The van der Waals surface area contributed by atoms with E-state index in [9.17, 15) is 0 Å². The Hall–Kier alpha value is -1.22. The second-order valence-corrected chi connectivity index (χ2v) is 4.95. The Morgan fingerprint density at radius 2 is 2.06 bits per heavy atom. The third-order valence-electron chi connectivity index (χ3n) is 3.66. The van der Waals surface area contributed by atoms with Gasteiger partial charge in [0.05, 0.1) is 12.3 Å². The van der Waals surface area contributed by atoms with Gasteiger partial charge in [-0.2, -0.15) is 0 Å². The third kappa shape index (κ3) is 3.39. The normalized spacial score (nSPS) is 18.3. The molecule has 1 aromatic rings. The molecule has 3 nitrogen and oxygen atoms in total. The van der Waals surface area contributed by atoms with Crippen molar-refractivity contribution in [2.75, 3.05) is 25.0 Å². The number of benzene rings is 1. The van der Waals surface area contributed by atoms with E-state index in [1.54, 1.807) is 0 Å². The number of para-hydroxylation sites is 2. The maximum Gasteiger partial charge on any atom is 0.142 e. The first kappa shape index (κ1) is 13.2. The lowest BCUT2D eigenvalue weighted by atomic mass is 9.91. The van der Waals surface area contributed by atoms with Crippen LogP contribution in [0.4, 0.5) is 5.69 Å². The Morgan fingerprint density at radius 3 is 2.78 bits per heavy atom. The Bertz CT molecular complexity index is 361. The van der Waals surface area contributed by atoms with Gasteiger partial charge in [-0.1, -0.05) is 12.1 Å². The fourth-order valence-corrected chi connectivity index (χ4v) is 2.57. The fourth-order valence-electron chi connectivity index (χ4n) is 2.57. The van der Waals surface area contributed by atoms with Crippen LogP contribution in [0.5, 0.6) is 5.75 Å². The molecule has 3 heteroatoms. The van der Waals surface area contributed by atoms with E-state index >= 15 is 0 Å². The second-order valence-electron chi connectivity index (χ2n) is 4.95. The molecule has 100 valence electrons. The topological polar surface area (TPSA) is 33.3 Å². The summed E-state index contributed by atoms with van der Waals surface area (Å²) in [6.07, 6.45) is 2.51. The molecule has 1 aliphatic rings. The largest absolute Gasteiger partial charge is 0.492 e. The van der Waals surface area contributed by atoms with Crippen LogP contribution in [-0.2, 0) is 0 Å². The smallest absolute Gasteiger partial charge is 0.142 e. The molecule has 2 rings (SSSR count). The summed E-state index contributed by atoms with van der Waals surface area (Å²) < 4.78 is 5.65. The predicted octanol–water partition coefficient (Wildman–Crippen LogP) is 2.89. The lowest BCUT2D eigenvalue weighted by molar-refractivity contribution is 0.333. The number of ether oxygens (including phenoxy) is 1. The van der Waals surface area contributed by atoms with Gasteiger partial charge in [-0.3, -0.25) is 0 Å². The predicted molar refractivity (Wildman–Crippen MR) is 76.3 cm³/mol. The van der Waals surface area contributed by atoms with Crippen LogP contribution in [0.25, 0.3) is 0 Å². The maximum atomic E-state index is 5.65. The number of anilines is 1. The van der Waals surface area contributed by atoms with Crippen molar-refractivity contribution in [3.05, 3.63) is 24.3 Å². The van der Waals surface area contributed by atoms with Gasteiger partial charge in [0.15, 0.2) is 0 Å². The van der Waals surface area contributed by atoms with E-state index in [1.807, 2.05) is 19.1 Å². The van der Waals surface area contributed by atoms with E-state index in [0.717, 1.165) is 30.4 Å². The van der Waals surface area contributed by atoms with Gasteiger partial charge in [0.25, 0.3) is 0 Å². The fraction of sp³-hybridized carbons (Fsp3) is 0.600. The highest BCUT2D eigenvalue weighted by molar-refractivity contribution is 5.56. The molecule has 1 aromatic carbocycles. The summed E-state index contributed by atoms with van der Waals surface area (Å²) in [4.78, 5) is 0. The lowest BCUT2D eigenvalue weighted by Gasteiger charge is -2.30. The van der Waals surface area contributed by atoms with E-state index in [1.165, 1.54) is 12.8 Å². The maximum absolute atomic E-state index is 5.65. The molecule has 1 aliphatic heterocycles. The molecule has 0 aromatic heterocycles. The van der Waals surface area contributed by atoms with E-state index in [0.29, 0.717) is 12.6 Å². The number of rotatable bonds is 5. The molecule has 0 radical (unpaired) electrons. The third-order valence-corrected chi connectivity index (χ3v) is 3.66. The summed E-state index contributed by atoms with van der Waals surface area (Å²) in [5, 5.41) is 7.02. The van der Waals surface area contributed by atoms with E-state index in [-0.39, 0.29) is 0 Å². The van der Waals surface area contributed by atoms with Crippen molar-refractivity contribution in [2.45, 2.75) is 32.7 Å². The van der Waals surface area contributed by atoms with Gasteiger partial charge >= 0.3 is 0 Å². The van der Waals surface area contributed by atoms with Crippen LogP contribution >= 0.6 is 0 Å². The average Bonchev–Trinajstić information content (AvgIpc) is 2.42.